The maximum atomic E-state index is 10.1. The van der Waals surface area contributed by atoms with Crippen molar-refractivity contribution in [3.63, 3.8) is 0 Å². The molecule has 40 valence electrons. The van der Waals surface area contributed by atoms with Crippen molar-refractivity contribution in [2.24, 2.45) is 0 Å². The molecule has 1 rings (SSSR count). The predicted octanol–water partition coefficient (Wildman–Crippen LogP) is -0.122. The van der Waals surface area contributed by atoms with E-state index < -0.39 is 0 Å². The van der Waals surface area contributed by atoms with Crippen LogP contribution in [-0.2, 0) is 4.79 Å². The third kappa shape index (κ3) is 1.27. The molecule has 1 heterocycles. The van der Waals surface area contributed by atoms with Gasteiger partial charge in [0.05, 0.1) is 0 Å². The molecule has 2 heteroatoms. The van der Waals surface area contributed by atoms with Gasteiger partial charge in [-0.15, -0.1) is 0 Å². The minimum atomic E-state index is -0.286. The van der Waals surface area contributed by atoms with E-state index in [9.17, 15) is 4.79 Å². The maximum absolute atomic E-state index is 10.1. The van der Waals surface area contributed by atoms with Gasteiger partial charge in [0.25, 0.3) is 0 Å². The zero-order valence-electron chi connectivity index (χ0n) is 4.37. The molecule has 0 N–H and O–H groups in total. The summed E-state index contributed by atoms with van der Waals surface area (Å²) in [7, 11) is 0. The second-order valence-corrected chi connectivity index (χ2v) is 3.84. The number of rotatable bonds is 1. The number of hydrogen-bond donors (Lipinski definition) is 0. The van der Waals surface area contributed by atoms with E-state index in [2.05, 4.69) is 9.76 Å². The van der Waals surface area contributed by atoms with Crippen LogP contribution in [0, 0.1) is 0 Å². The average Bonchev–Trinajstić information content (AvgIpc) is 1.90. The monoisotopic (exact) mass is 168 g/mol. The predicted molar refractivity (Wildman–Crippen MR) is 36.5 cm³/mol. The first-order valence-corrected chi connectivity index (χ1v) is 5.23. The Morgan fingerprint density at radius 3 is 2.88 bits per heavy atom. The van der Waals surface area contributed by atoms with Crippen LogP contribution in [0.3, 0.4) is 0 Å². The Morgan fingerprint density at radius 2 is 2.50 bits per heavy atom. The van der Waals surface area contributed by atoms with Gasteiger partial charge < -0.3 is 0 Å². The van der Waals surface area contributed by atoms with Crippen molar-refractivity contribution in [3.8, 4) is 0 Å². The van der Waals surface area contributed by atoms with Crippen LogP contribution in [0.15, 0.2) is 22.6 Å². The van der Waals surface area contributed by atoms with Crippen molar-refractivity contribution in [3.05, 3.63) is 22.6 Å². The van der Waals surface area contributed by atoms with E-state index in [4.69, 9.17) is 0 Å². The number of aldehydes is 1. The Bertz CT molecular complexity index is 177. The molecule has 0 saturated heterocycles. The standard InChI is InChI=1S/C6H6GeO/c8-5-6-2-1-3-7-4-6/h1-5,7H. The third-order valence-corrected chi connectivity index (χ3v) is 3.08. The van der Waals surface area contributed by atoms with Crippen molar-refractivity contribution in [1.82, 2.24) is 0 Å². The SMILES string of the molecule is O=CC1=[CH][GeH]=[CH]C=C1. The molecule has 1 aliphatic rings. The molecule has 0 atom stereocenters. The van der Waals surface area contributed by atoms with E-state index in [0.29, 0.717) is 0 Å². The van der Waals surface area contributed by atoms with Crippen molar-refractivity contribution < 1.29 is 4.79 Å². The molecule has 1 aliphatic heterocycles. The van der Waals surface area contributed by atoms with Crippen LogP contribution in [0.4, 0.5) is 0 Å². The van der Waals surface area contributed by atoms with Crippen molar-refractivity contribution in [2.45, 2.75) is 0 Å². The third-order valence-electron chi connectivity index (χ3n) is 0.936. The molecule has 0 aliphatic carbocycles. The molecular weight excluding hydrogens is 161 g/mol. The fourth-order valence-corrected chi connectivity index (χ4v) is 2.13. The van der Waals surface area contributed by atoms with Crippen LogP contribution in [0.2, 0.25) is 0 Å². The van der Waals surface area contributed by atoms with Crippen LogP contribution < -0.4 is 0 Å². The summed E-state index contributed by atoms with van der Waals surface area (Å²) in [5.41, 5.74) is 0.854. The molecule has 0 amide bonds. The van der Waals surface area contributed by atoms with Gasteiger partial charge in [-0.2, -0.15) is 0 Å². The van der Waals surface area contributed by atoms with Crippen molar-refractivity contribution >= 4 is 26.1 Å². The van der Waals surface area contributed by atoms with Crippen LogP contribution in [0.1, 0.15) is 0 Å². The molecule has 0 aromatic heterocycles. The fourth-order valence-electron chi connectivity index (χ4n) is 0.532. The van der Waals surface area contributed by atoms with E-state index >= 15 is 0 Å². The normalized spacial score (nSPS) is 15.8. The Kier molecular flexibility index (Phi) is 1.97. The molecule has 0 aromatic carbocycles. The molecule has 8 heavy (non-hydrogen) atoms. The van der Waals surface area contributed by atoms with Crippen molar-refractivity contribution in [1.29, 1.82) is 0 Å². The molecule has 0 aromatic rings. The molecule has 0 radical (unpaired) electrons. The van der Waals surface area contributed by atoms with Gasteiger partial charge in [0.2, 0.25) is 0 Å². The Hall–Kier alpha value is -0.437. The van der Waals surface area contributed by atoms with Crippen LogP contribution in [0.5, 0.6) is 0 Å². The van der Waals surface area contributed by atoms with Crippen LogP contribution >= 0.6 is 0 Å². The number of carbonyl (C=O) groups excluding carboxylic acids is 1. The summed E-state index contributed by atoms with van der Waals surface area (Å²) in [6.07, 6.45) is 4.71. The molecule has 0 fully saturated rings. The zero-order valence-corrected chi connectivity index (χ0v) is 6.79. The summed E-state index contributed by atoms with van der Waals surface area (Å²) in [5.74, 6) is 0. The summed E-state index contributed by atoms with van der Waals surface area (Å²) in [6, 6.07) is 0. The van der Waals surface area contributed by atoms with Gasteiger partial charge >= 0.3 is 53.6 Å². The van der Waals surface area contributed by atoms with E-state index in [-0.39, 0.29) is 15.0 Å². The van der Waals surface area contributed by atoms with Crippen LogP contribution in [0.25, 0.3) is 0 Å². The quantitative estimate of drug-likeness (QED) is 0.392. The first-order valence-electron chi connectivity index (χ1n) is 2.44. The summed E-state index contributed by atoms with van der Waals surface area (Å²) in [4.78, 5) is 14.3. The summed E-state index contributed by atoms with van der Waals surface area (Å²) < 4.78 is 0. The second-order valence-electron chi connectivity index (χ2n) is 1.53. The molecule has 0 bridgehead atoms. The van der Waals surface area contributed by atoms with E-state index in [1.807, 2.05) is 12.2 Å². The van der Waals surface area contributed by atoms with E-state index in [1.165, 1.54) is 0 Å². The Balaban J connectivity index is 2.82. The van der Waals surface area contributed by atoms with Gasteiger partial charge in [-0.1, -0.05) is 0 Å². The summed E-state index contributed by atoms with van der Waals surface area (Å²) in [6.45, 7) is 0. The van der Waals surface area contributed by atoms with Gasteiger partial charge in [-0.05, 0) is 0 Å². The van der Waals surface area contributed by atoms with Gasteiger partial charge in [-0.25, -0.2) is 0 Å². The average molecular weight is 167 g/mol. The van der Waals surface area contributed by atoms with Crippen molar-refractivity contribution in [2.75, 3.05) is 0 Å². The number of allylic oxidation sites excluding steroid dienone is 3. The number of hydrogen-bond acceptors (Lipinski definition) is 1. The first kappa shape index (κ1) is 5.70. The van der Waals surface area contributed by atoms with Crippen LogP contribution in [-0.4, -0.2) is 26.1 Å². The second kappa shape index (κ2) is 2.77. The summed E-state index contributed by atoms with van der Waals surface area (Å²) >= 11 is -0.286. The number of carbonyl (C=O) groups is 1. The van der Waals surface area contributed by atoms with Gasteiger partial charge in [0.1, 0.15) is 0 Å². The van der Waals surface area contributed by atoms with Gasteiger partial charge in [-0.3, -0.25) is 0 Å². The molecule has 1 nitrogen and oxygen atoms in total. The summed E-state index contributed by atoms with van der Waals surface area (Å²) in [5, 5.41) is 0. The first-order chi connectivity index (χ1) is 3.93. The van der Waals surface area contributed by atoms with E-state index in [1.54, 1.807) is 0 Å². The molecule has 0 spiro atoms. The fraction of sp³-hybridized carbons (Fsp3) is 0. The Morgan fingerprint density at radius 1 is 1.62 bits per heavy atom. The minimum absolute atomic E-state index is 0.286. The Labute approximate surface area is 54.1 Å². The van der Waals surface area contributed by atoms with Gasteiger partial charge in [0, 0.05) is 0 Å². The van der Waals surface area contributed by atoms with E-state index in [0.717, 1.165) is 11.9 Å². The molecular formula is C6H6GeO. The molecule has 0 saturated carbocycles. The topological polar surface area (TPSA) is 17.1 Å². The zero-order chi connectivity index (χ0) is 5.82. The van der Waals surface area contributed by atoms with Gasteiger partial charge in [0.15, 0.2) is 0 Å². The molecule has 0 unspecified atom stereocenters.